The molecular weight excluding hydrogens is 423 g/mol. The Balaban J connectivity index is 1.72. The molecule has 1 heterocycles. The number of carbonyl (C=O) groups excluding carboxylic acids is 2. The minimum atomic E-state index is -0.668. The molecule has 2 aromatic rings. The van der Waals surface area contributed by atoms with E-state index in [4.69, 9.17) is 28.0 Å². The summed E-state index contributed by atoms with van der Waals surface area (Å²) in [4.78, 5) is 29.9. The molecular formula is C23H24Cl2N2O3. The Kier molecular flexibility index (Phi) is 6.84. The van der Waals surface area contributed by atoms with Gasteiger partial charge < -0.3 is 10.2 Å². The lowest BCUT2D eigenvalue weighted by Crippen LogP contribution is -2.23. The van der Waals surface area contributed by atoms with Crippen LogP contribution in [0.3, 0.4) is 0 Å². The molecule has 7 heteroatoms. The molecule has 0 radical (unpaired) electrons. The summed E-state index contributed by atoms with van der Waals surface area (Å²) in [7, 11) is 0. The molecule has 158 valence electrons. The van der Waals surface area contributed by atoms with Gasteiger partial charge in [0.2, 0.25) is 5.91 Å². The standard InChI is InChI=1S/C23H24Cl2N2O3/c1-4-26-22(29)8-7-21(28)19-6-5-15(9-14(19)2)20-13-23(3,30-27-20)16-10-17(24)12-18(25)11-16/h5-6,9-12H,4,7-8,13H2,1-3H3,(H,26,29). The lowest BCUT2D eigenvalue weighted by atomic mass is 9.88. The third-order valence-electron chi connectivity index (χ3n) is 5.15. The summed E-state index contributed by atoms with van der Waals surface area (Å²) in [6, 6.07) is 10.9. The highest BCUT2D eigenvalue weighted by atomic mass is 35.5. The van der Waals surface area contributed by atoms with Crippen molar-refractivity contribution in [3.8, 4) is 0 Å². The number of ketones is 1. The molecule has 1 unspecified atom stereocenters. The van der Waals surface area contributed by atoms with Crippen molar-refractivity contribution in [2.45, 2.75) is 45.6 Å². The number of aryl methyl sites for hydroxylation is 1. The number of nitrogens with zero attached hydrogens (tertiary/aromatic N) is 1. The molecule has 0 bridgehead atoms. The number of oxime groups is 1. The number of hydrogen-bond donors (Lipinski definition) is 1. The number of carbonyl (C=O) groups is 2. The average Bonchev–Trinajstić information content (AvgIpc) is 3.09. The Hall–Kier alpha value is -2.37. The number of Topliss-reactive ketones (excluding diaryl/α,β-unsaturated/α-hetero) is 1. The van der Waals surface area contributed by atoms with Crippen molar-refractivity contribution in [3.63, 3.8) is 0 Å². The summed E-state index contributed by atoms with van der Waals surface area (Å²) in [6.45, 7) is 6.24. The summed E-state index contributed by atoms with van der Waals surface area (Å²) < 4.78 is 0. The molecule has 0 aromatic heterocycles. The van der Waals surface area contributed by atoms with Crippen molar-refractivity contribution in [1.82, 2.24) is 5.32 Å². The maximum absolute atomic E-state index is 12.5. The van der Waals surface area contributed by atoms with Gasteiger partial charge in [0.05, 0.1) is 5.71 Å². The highest BCUT2D eigenvalue weighted by molar-refractivity contribution is 6.34. The van der Waals surface area contributed by atoms with Crippen LogP contribution in [0, 0.1) is 6.92 Å². The highest BCUT2D eigenvalue weighted by Crippen LogP contribution is 2.38. The minimum absolute atomic E-state index is 0.0479. The SMILES string of the molecule is CCNC(=O)CCC(=O)c1ccc(C2=NOC(C)(c3cc(Cl)cc(Cl)c3)C2)cc1C. The van der Waals surface area contributed by atoms with Gasteiger partial charge in [-0.2, -0.15) is 0 Å². The zero-order valence-electron chi connectivity index (χ0n) is 17.2. The number of rotatable bonds is 7. The van der Waals surface area contributed by atoms with E-state index in [2.05, 4.69) is 10.5 Å². The molecule has 0 aliphatic carbocycles. The average molecular weight is 447 g/mol. The van der Waals surface area contributed by atoms with E-state index in [1.165, 1.54) is 0 Å². The molecule has 1 N–H and O–H groups in total. The molecule has 5 nitrogen and oxygen atoms in total. The third kappa shape index (κ3) is 5.02. The lowest BCUT2D eigenvalue weighted by molar-refractivity contribution is -0.120. The first-order valence-electron chi connectivity index (χ1n) is 9.84. The number of amides is 1. The first-order chi connectivity index (χ1) is 14.2. The zero-order valence-corrected chi connectivity index (χ0v) is 18.7. The van der Waals surface area contributed by atoms with Crippen LogP contribution in [0.25, 0.3) is 0 Å². The smallest absolute Gasteiger partial charge is 0.220 e. The third-order valence-corrected chi connectivity index (χ3v) is 5.58. The summed E-state index contributed by atoms with van der Waals surface area (Å²) in [5.41, 5.74) is 3.33. The number of nitrogens with one attached hydrogen (secondary N) is 1. The van der Waals surface area contributed by atoms with Gasteiger partial charge in [-0.25, -0.2) is 0 Å². The molecule has 2 aromatic carbocycles. The normalized spacial score (nSPS) is 18.0. The first kappa shape index (κ1) is 22.3. The highest BCUT2D eigenvalue weighted by Gasteiger charge is 2.37. The van der Waals surface area contributed by atoms with Gasteiger partial charge in [0, 0.05) is 47.0 Å². The molecule has 0 spiro atoms. The number of hydrogen-bond acceptors (Lipinski definition) is 4. The maximum atomic E-state index is 12.5. The molecule has 3 rings (SSSR count). The fraction of sp³-hybridized carbons (Fsp3) is 0.348. The molecule has 0 saturated carbocycles. The van der Waals surface area contributed by atoms with E-state index < -0.39 is 5.60 Å². The Morgan fingerprint density at radius 3 is 2.47 bits per heavy atom. The monoisotopic (exact) mass is 446 g/mol. The predicted molar refractivity (Wildman–Crippen MR) is 119 cm³/mol. The molecule has 0 saturated heterocycles. The van der Waals surface area contributed by atoms with Gasteiger partial charge in [0.15, 0.2) is 11.4 Å². The van der Waals surface area contributed by atoms with Crippen molar-refractivity contribution in [3.05, 3.63) is 68.7 Å². The van der Waals surface area contributed by atoms with E-state index in [9.17, 15) is 9.59 Å². The first-order valence-corrected chi connectivity index (χ1v) is 10.6. The van der Waals surface area contributed by atoms with Gasteiger partial charge in [0.1, 0.15) is 0 Å². The van der Waals surface area contributed by atoms with Crippen molar-refractivity contribution in [2.75, 3.05) is 6.54 Å². The largest absolute Gasteiger partial charge is 0.384 e. The fourth-order valence-corrected chi connectivity index (χ4v) is 4.04. The van der Waals surface area contributed by atoms with Crippen LogP contribution in [-0.2, 0) is 15.2 Å². The zero-order chi connectivity index (χ0) is 21.9. The van der Waals surface area contributed by atoms with Gasteiger partial charge in [-0.15, -0.1) is 0 Å². The number of halogens is 2. The van der Waals surface area contributed by atoms with Crippen LogP contribution in [0.2, 0.25) is 10.0 Å². The second kappa shape index (κ2) is 9.19. The van der Waals surface area contributed by atoms with Crippen molar-refractivity contribution in [2.24, 2.45) is 5.16 Å². The van der Waals surface area contributed by atoms with E-state index in [1.807, 2.05) is 45.0 Å². The van der Waals surface area contributed by atoms with Crippen LogP contribution in [0.5, 0.6) is 0 Å². The van der Waals surface area contributed by atoms with E-state index in [-0.39, 0.29) is 24.5 Å². The van der Waals surface area contributed by atoms with Crippen LogP contribution in [0.1, 0.15) is 60.2 Å². The summed E-state index contributed by atoms with van der Waals surface area (Å²) in [5, 5.41) is 8.07. The molecule has 1 atom stereocenters. The summed E-state index contributed by atoms with van der Waals surface area (Å²) in [6.07, 6.45) is 0.923. The molecule has 1 amide bonds. The van der Waals surface area contributed by atoms with Crippen molar-refractivity contribution in [1.29, 1.82) is 0 Å². The van der Waals surface area contributed by atoms with Gasteiger partial charge in [0.25, 0.3) is 0 Å². The fourth-order valence-electron chi connectivity index (χ4n) is 3.51. The quantitative estimate of drug-likeness (QED) is 0.575. The topological polar surface area (TPSA) is 67.8 Å². The van der Waals surface area contributed by atoms with E-state index in [0.717, 1.165) is 22.4 Å². The Labute approximate surface area is 186 Å². The van der Waals surface area contributed by atoms with Crippen LogP contribution in [0.15, 0.2) is 41.6 Å². The Bertz CT molecular complexity index is 999. The minimum Gasteiger partial charge on any atom is -0.384 e. The maximum Gasteiger partial charge on any atom is 0.220 e. The molecule has 0 fully saturated rings. The summed E-state index contributed by atoms with van der Waals surface area (Å²) >= 11 is 12.3. The van der Waals surface area contributed by atoms with Crippen LogP contribution >= 0.6 is 23.2 Å². The van der Waals surface area contributed by atoms with Gasteiger partial charge in [-0.05, 0) is 56.2 Å². The van der Waals surface area contributed by atoms with E-state index >= 15 is 0 Å². The second-order valence-corrected chi connectivity index (χ2v) is 8.47. The molecule has 30 heavy (non-hydrogen) atoms. The van der Waals surface area contributed by atoms with Crippen LogP contribution < -0.4 is 5.32 Å². The van der Waals surface area contributed by atoms with Gasteiger partial charge in [-0.3, -0.25) is 9.59 Å². The summed E-state index contributed by atoms with van der Waals surface area (Å²) in [5.74, 6) is -0.161. The Morgan fingerprint density at radius 1 is 1.13 bits per heavy atom. The van der Waals surface area contributed by atoms with Crippen molar-refractivity contribution >= 4 is 40.6 Å². The van der Waals surface area contributed by atoms with Crippen LogP contribution in [0.4, 0.5) is 0 Å². The van der Waals surface area contributed by atoms with Crippen LogP contribution in [-0.4, -0.2) is 23.9 Å². The molecule has 1 aliphatic rings. The van der Waals surface area contributed by atoms with Gasteiger partial charge in [-0.1, -0.05) is 40.5 Å². The van der Waals surface area contributed by atoms with E-state index in [1.54, 1.807) is 12.1 Å². The second-order valence-electron chi connectivity index (χ2n) is 7.60. The lowest BCUT2D eigenvalue weighted by Gasteiger charge is -2.22. The van der Waals surface area contributed by atoms with Gasteiger partial charge >= 0.3 is 0 Å². The van der Waals surface area contributed by atoms with E-state index in [0.29, 0.717) is 28.6 Å². The predicted octanol–water partition coefficient (Wildman–Crippen LogP) is 5.44. The Morgan fingerprint density at radius 2 is 1.83 bits per heavy atom. The molecule has 1 aliphatic heterocycles. The number of benzene rings is 2. The van der Waals surface area contributed by atoms with Crippen molar-refractivity contribution < 1.29 is 14.4 Å².